The molecule has 0 radical (unpaired) electrons. The van der Waals surface area contributed by atoms with Crippen LogP contribution in [0.5, 0.6) is 0 Å². The number of nitrogens with one attached hydrogen (secondary N) is 2. The first-order valence-electron chi connectivity index (χ1n) is 10.5. The molecule has 11 heteroatoms. The van der Waals surface area contributed by atoms with Crippen LogP contribution in [-0.4, -0.2) is 44.0 Å². The minimum Gasteiger partial charge on any atom is -0.478 e. The summed E-state index contributed by atoms with van der Waals surface area (Å²) in [6, 6.07) is 17.3. The van der Waals surface area contributed by atoms with Gasteiger partial charge in [0, 0.05) is 30.3 Å². The van der Waals surface area contributed by atoms with Gasteiger partial charge >= 0.3 is 5.97 Å². The normalized spacial score (nSPS) is 10.5. The summed E-state index contributed by atoms with van der Waals surface area (Å²) in [5, 5.41) is 26.7. The molecule has 0 unspecified atom stereocenters. The Bertz CT molecular complexity index is 1370. The van der Waals surface area contributed by atoms with Gasteiger partial charge in [-0.25, -0.2) is 24.1 Å². The van der Waals surface area contributed by atoms with Crippen LogP contribution in [0.25, 0.3) is 22.5 Å². The largest absolute Gasteiger partial charge is 0.478 e. The van der Waals surface area contributed by atoms with E-state index in [4.69, 9.17) is 0 Å². The van der Waals surface area contributed by atoms with Crippen LogP contribution in [-0.2, 0) is 0 Å². The molecule has 176 valence electrons. The Morgan fingerprint density at radius 3 is 2.29 bits per heavy atom. The Morgan fingerprint density at radius 1 is 0.943 bits per heavy atom. The fourth-order valence-corrected chi connectivity index (χ4v) is 3.36. The van der Waals surface area contributed by atoms with Gasteiger partial charge in [-0.05, 0) is 18.2 Å². The molecule has 0 fully saturated rings. The fraction of sp³-hybridized carbons (Fsp3) is 0.0833. The molecule has 0 aliphatic heterocycles. The molecule has 0 aliphatic rings. The lowest BCUT2D eigenvalue weighted by Gasteiger charge is -2.15. The molecule has 4 rings (SSSR count). The number of aromatic nitrogens is 3. The molecular weight excluding hydrogens is 455 g/mol. The maximum atomic E-state index is 14.6. The van der Waals surface area contributed by atoms with Gasteiger partial charge in [0.15, 0.2) is 0 Å². The van der Waals surface area contributed by atoms with E-state index in [9.17, 15) is 24.4 Å². The van der Waals surface area contributed by atoms with Crippen molar-refractivity contribution in [2.45, 2.75) is 0 Å². The average molecular weight is 474 g/mol. The van der Waals surface area contributed by atoms with Crippen LogP contribution in [0.1, 0.15) is 10.4 Å². The van der Waals surface area contributed by atoms with Gasteiger partial charge in [0.2, 0.25) is 5.95 Å². The minimum absolute atomic E-state index is 0.0423. The molecule has 2 heterocycles. The molecule has 0 bridgehead atoms. The summed E-state index contributed by atoms with van der Waals surface area (Å²) in [6.45, 7) is 0.653. The Hall–Kier alpha value is -4.93. The van der Waals surface area contributed by atoms with E-state index in [1.54, 1.807) is 36.4 Å². The van der Waals surface area contributed by atoms with Gasteiger partial charge < -0.3 is 15.7 Å². The zero-order chi connectivity index (χ0) is 24.8. The first kappa shape index (κ1) is 23.2. The van der Waals surface area contributed by atoms with E-state index < -0.39 is 16.7 Å². The zero-order valence-corrected chi connectivity index (χ0v) is 18.2. The molecule has 0 atom stereocenters. The number of nitrogens with zero attached hydrogens (tertiary/aromatic N) is 4. The molecule has 35 heavy (non-hydrogen) atoms. The lowest BCUT2D eigenvalue weighted by atomic mass is 10.00. The van der Waals surface area contributed by atoms with Crippen LogP contribution in [0, 0.1) is 15.9 Å². The van der Waals surface area contributed by atoms with Crippen LogP contribution < -0.4 is 10.6 Å². The van der Waals surface area contributed by atoms with Crippen molar-refractivity contribution in [2.24, 2.45) is 0 Å². The Kier molecular flexibility index (Phi) is 6.86. The van der Waals surface area contributed by atoms with Crippen LogP contribution in [0.3, 0.4) is 0 Å². The van der Waals surface area contributed by atoms with E-state index in [1.165, 1.54) is 30.3 Å². The third kappa shape index (κ3) is 5.36. The fourth-order valence-electron chi connectivity index (χ4n) is 3.36. The highest BCUT2D eigenvalue weighted by atomic mass is 19.1. The van der Waals surface area contributed by atoms with Crippen molar-refractivity contribution in [2.75, 3.05) is 23.7 Å². The second-order valence-electron chi connectivity index (χ2n) is 7.28. The molecule has 2 aromatic heterocycles. The number of halogens is 1. The van der Waals surface area contributed by atoms with Gasteiger partial charge in [-0.3, -0.25) is 10.1 Å². The molecular formula is C24H19FN6O4. The lowest BCUT2D eigenvalue weighted by Crippen LogP contribution is -2.17. The van der Waals surface area contributed by atoms with Crippen molar-refractivity contribution < 1.29 is 19.2 Å². The smallest absolute Gasteiger partial charge is 0.340 e. The minimum atomic E-state index is -1.28. The molecule has 0 aliphatic carbocycles. The number of pyridine rings is 1. The van der Waals surface area contributed by atoms with Gasteiger partial charge in [0.1, 0.15) is 23.4 Å². The van der Waals surface area contributed by atoms with Crippen LogP contribution in [0.15, 0.2) is 72.9 Å². The summed E-state index contributed by atoms with van der Waals surface area (Å²) in [7, 11) is 0. The number of benzene rings is 2. The monoisotopic (exact) mass is 474 g/mol. The predicted molar refractivity (Wildman–Crippen MR) is 128 cm³/mol. The summed E-state index contributed by atoms with van der Waals surface area (Å²) in [4.78, 5) is 35.1. The van der Waals surface area contributed by atoms with Gasteiger partial charge in [0.05, 0.1) is 16.3 Å². The number of hydrogen-bond donors (Lipinski definition) is 3. The summed E-state index contributed by atoms with van der Waals surface area (Å²) < 4.78 is 14.6. The molecule has 0 spiro atoms. The second-order valence-corrected chi connectivity index (χ2v) is 7.28. The number of hydrogen-bond acceptors (Lipinski definition) is 8. The lowest BCUT2D eigenvalue weighted by molar-refractivity contribution is -0.385. The van der Waals surface area contributed by atoms with Crippen molar-refractivity contribution in [1.29, 1.82) is 0 Å². The van der Waals surface area contributed by atoms with E-state index in [0.29, 0.717) is 24.5 Å². The standard InChI is InChI=1S/C24H19FN6O4/c25-18-9-5-4-8-17(18)22-20(23(32)33)21(15-6-2-1-3-7-15)29-24(30-22)27-13-12-26-19-11-10-16(14-28-19)31(34)35/h1-11,14H,12-13H2,(H,26,28)(H,32,33)(H,27,29,30). The summed E-state index contributed by atoms with van der Waals surface area (Å²) in [5.74, 6) is -1.33. The van der Waals surface area contributed by atoms with Crippen LogP contribution >= 0.6 is 0 Å². The van der Waals surface area contributed by atoms with E-state index >= 15 is 0 Å². The molecule has 0 saturated heterocycles. The molecule has 2 aromatic carbocycles. The maximum absolute atomic E-state index is 14.6. The zero-order valence-electron chi connectivity index (χ0n) is 18.2. The van der Waals surface area contributed by atoms with Gasteiger partial charge in [0.25, 0.3) is 5.69 Å². The molecule has 10 nitrogen and oxygen atoms in total. The van der Waals surface area contributed by atoms with Crippen molar-refractivity contribution in [3.63, 3.8) is 0 Å². The van der Waals surface area contributed by atoms with E-state index in [-0.39, 0.29) is 34.2 Å². The number of anilines is 2. The first-order valence-corrected chi connectivity index (χ1v) is 10.5. The molecule has 4 aromatic rings. The third-order valence-corrected chi connectivity index (χ3v) is 4.97. The number of aromatic carboxylic acids is 1. The molecule has 3 N–H and O–H groups in total. The number of nitro groups is 1. The van der Waals surface area contributed by atoms with Gasteiger partial charge in [-0.2, -0.15) is 0 Å². The summed E-state index contributed by atoms with van der Waals surface area (Å²) in [5.41, 5.74) is 0.368. The van der Waals surface area contributed by atoms with Crippen LogP contribution in [0.4, 0.5) is 21.8 Å². The Morgan fingerprint density at radius 2 is 1.63 bits per heavy atom. The maximum Gasteiger partial charge on any atom is 0.340 e. The highest BCUT2D eigenvalue weighted by molar-refractivity contribution is 6.01. The highest BCUT2D eigenvalue weighted by Gasteiger charge is 2.24. The highest BCUT2D eigenvalue weighted by Crippen LogP contribution is 2.32. The molecule has 0 amide bonds. The SMILES string of the molecule is O=C(O)c1c(-c2ccccc2)nc(NCCNc2ccc([N+](=O)[O-])cn2)nc1-c1ccccc1F. The van der Waals surface area contributed by atoms with E-state index in [1.807, 2.05) is 0 Å². The second kappa shape index (κ2) is 10.3. The van der Waals surface area contributed by atoms with Crippen molar-refractivity contribution >= 4 is 23.4 Å². The quantitative estimate of drug-likeness (QED) is 0.182. The van der Waals surface area contributed by atoms with Crippen molar-refractivity contribution in [3.05, 3.63) is 94.4 Å². The van der Waals surface area contributed by atoms with E-state index in [2.05, 4.69) is 25.6 Å². The summed E-state index contributed by atoms with van der Waals surface area (Å²) in [6.07, 6.45) is 1.15. The van der Waals surface area contributed by atoms with Crippen LogP contribution in [0.2, 0.25) is 0 Å². The predicted octanol–water partition coefficient (Wildman–Crippen LogP) is 4.48. The Balaban J connectivity index is 1.63. The van der Waals surface area contributed by atoms with Gasteiger partial charge in [-0.1, -0.05) is 42.5 Å². The first-order chi connectivity index (χ1) is 16.9. The van der Waals surface area contributed by atoms with Gasteiger partial charge in [-0.15, -0.1) is 0 Å². The number of carboxylic acid groups (broad SMARTS) is 1. The third-order valence-electron chi connectivity index (χ3n) is 4.97. The van der Waals surface area contributed by atoms with E-state index in [0.717, 1.165) is 6.20 Å². The topological polar surface area (TPSA) is 143 Å². The number of carboxylic acids is 1. The summed E-state index contributed by atoms with van der Waals surface area (Å²) >= 11 is 0. The number of rotatable bonds is 9. The molecule has 0 saturated carbocycles. The Labute approximate surface area is 198 Å². The average Bonchev–Trinajstić information content (AvgIpc) is 2.87. The number of carbonyl (C=O) groups is 1. The van der Waals surface area contributed by atoms with Crippen molar-refractivity contribution in [1.82, 2.24) is 15.0 Å². The van der Waals surface area contributed by atoms with Crippen molar-refractivity contribution in [3.8, 4) is 22.5 Å².